The summed E-state index contributed by atoms with van der Waals surface area (Å²) in [5, 5.41) is 11.5. The predicted molar refractivity (Wildman–Crippen MR) is 76.4 cm³/mol. The van der Waals surface area contributed by atoms with Crippen LogP contribution in [0.25, 0.3) is 10.8 Å². The lowest BCUT2D eigenvalue weighted by molar-refractivity contribution is -0.145. The fourth-order valence-corrected chi connectivity index (χ4v) is 2.09. The Hall–Kier alpha value is -2.50. The average Bonchev–Trinajstić information content (AvgIpc) is 2.75. The number of Topliss-reactive ketones (excluding diaryl/α,β-unsaturated/α-hetero) is 1. The fourth-order valence-electron chi connectivity index (χ4n) is 2.09. The van der Waals surface area contributed by atoms with E-state index in [-0.39, 0.29) is 31.2 Å². The van der Waals surface area contributed by atoms with Crippen molar-refractivity contribution < 1.29 is 24.2 Å². The van der Waals surface area contributed by atoms with E-state index in [1.807, 2.05) is 0 Å². The first-order valence-corrected chi connectivity index (χ1v) is 6.58. The van der Waals surface area contributed by atoms with Gasteiger partial charge in [-0.05, 0) is 25.1 Å². The molecule has 0 atom stereocenters. The lowest BCUT2D eigenvalue weighted by Gasteiger charge is -2.04. The second-order valence-electron chi connectivity index (χ2n) is 4.55. The number of hydrogen-bond acceptors (Lipinski definition) is 5. The molecule has 2 aromatic rings. The van der Waals surface area contributed by atoms with E-state index in [4.69, 9.17) is 9.47 Å². The number of carbonyl (C=O) groups is 2. The van der Waals surface area contributed by atoms with Crippen molar-refractivity contribution >= 4 is 22.5 Å². The molecular formula is C15H17NO5. The Labute approximate surface area is 121 Å². The summed E-state index contributed by atoms with van der Waals surface area (Å²) in [6.45, 7) is 1.84. The smallest absolute Gasteiger partial charge is 0.313 e. The van der Waals surface area contributed by atoms with Gasteiger partial charge < -0.3 is 19.1 Å². The third kappa shape index (κ3) is 3.34. The van der Waals surface area contributed by atoms with E-state index < -0.39 is 5.97 Å². The molecule has 0 unspecified atom stereocenters. The zero-order valence-corrected chi connectivity index (χ0v) is 12.0. The highest BCUT2D eigenvalue weighted by atomic mass is 16.5. The monoisotopic (exact) mass is 291 g/mol. The van der Waals surface area contributed by atoms with E-state index in [9.17, 15) is 14.7 Å². The molecule has 6 heteroatoms. The summed E-state index contributed by atoms with van der Waals surface area (Å²) < 4.78 is 11.2. The molecule has 0 saturated heterocycles. The number of fused-ring (bicyclic) bond motifs is 1. The maximum atomic E-state index is 11.8. The average molecular weight is 291 g/mol. The Morgan fingerprint density at radius 2 is 2.10 bits per heavy atom. The van der Waals surface area contributed by atoms with Crippen molar-refractivity contribution in [2.24, 2.45) is 0 Å². The van der Waals surface area contributed by atoms with Crippen molar-refractivity contribution in [2.45, 2.75) is 19.9 Å². The summed E-state index contributed by atoms with van der Waals surface area (Å²) in [6.07, 6.45) is 1.36. The Kier molecular flexibility index (Phi) is 4.47. The number of methoxy groups -OCH3 is 1. The summed E-state index contributed by atoms with van der Waals surface area (Å²) in [4.78, 5) is 23.0. The molecule has 0 aliphatic rings. The van der Waals surface area contributed by atoms with Gasteiger partial charge in [0, 0.05) is 17.0 Å². The number of esters is 1. The molecule has 112 valence electrons. The zero-order chi connectivity index (χ0) is 15.4. The largest absolute Gasteiger partial charge is 0.497 e. The Balaban J connectivity index is 2.17. The van der Waals surface area contributed by atoms with Crippen LogP contribution in [-0.4, -0.2) is 35.1 Å². The third-order valence-corrected chi connectivity index (χ3v) is 3.06. The quantitative estimate of drug-likeness (QED) is 0.649. The molecule has 2 rings (SSSR count). The van der Waals surface area contributed by atoms with Crippen LogP contribution in [0.5, 0.6) is 11.6 Å². The van der Waals surface area contributed by atoms with Gasteiger partial charge in [0.15, 0.2) is 11.7 Å². The minimum absolute atomic E-state index is 0.0268. The number of nitrogens with zero attached hydrogens (tertiary/aromatic N) is 1. The van der Waals surface area contributed by atoms with Crippen LogP contribution in [0.1, 0.15) is 13.3 Å². The van der Waals surface area contributed by atoms with Crippen LogP contribution in [0.3, 0.4) is 0 Å². The molecule has 0 bridgehead atoms. The van der Waals surface area contributed by atoms with E-state index in [2.05, 4.69) is 0 Å². The Bertz CT molecular complexity index is 674. The van der Waals surface area contributed by atoms with Crippen LogP contribution in [0.4, 0.5) is 0 Å². The summed E-state index contributed by atoms with van der Waals surface area (Å²) in [5.74, 6) is -0.286. The topological polar surface area (TPSA) is 77.8 Å². The SMILES string of the molecule is CCOC(=O)CC(=O)Cn1cc2ccc(OC)cc2c1O. The number of aromatic nitrogens is 1. The summed E-state index contributed by atoms with van der Waals surface area (Å²) in [6, 6.07) is 5.25. The highest BCUT2D eigenvalue weighted by Gasteiger charge is 2.15. The zero-order valence-electron chi connectivity index (χ0n) is 12.0. The molecule has 1 aromatic heterocycles. The molecule has 0 spiro atoms. The highest BCUT2D eigenvalue weighted by Crippen LogP contribution is 2.30. The highest BCUT2D eigenvalue weighted by molar-refractivity contribution is 5.96. The van der Waals surface area contributed by atoms with Crippen LogP contribution in [0, 0.1) is 0 Å². The molecule has 0 amide bonds. The van der Waals surface area contributed by atoms with Crippen LogP contribution in [0.15, 0.2) is 24.4 Å². The van der Waals surface area contributed by atoms with Gasteiger partial charge in [-0.3, -0.25) is 9.59 Å². The van der Waals surface area contributed by atoms with Gasteiger partial charge in [0.05, 0.1) is 20.3 Å². The molecule has 0 saturated carbocycles. The van der Waals surface area contributed by atoms with Crippen molar-refractivity contribution in [3.63, 3.8) is 0 Å². The van der Waals surface area contributed by atoms with Crippen molar-refractivity contribution in [1.29, 1.82) is 0 Å². The first kappa shape index (κ1) is 14.9. The number of aromatic hydroxyl groups is 1. The van der Waals surface area contributed by atoms with Gasteiger partial charge >= 0.3 is 5.97 Å². The van der Waals surface area contributed by atoms with Crippen molar-refractivity contribution in [2.75, 3.05) is 13.7 Å². The normalized spacial score (nSPS) is 10.6. The first-order chi connectivity index (χ1) is 10.0. The minimum atomic E-state index is -0.555. The lowest BCUT2D eigenvalue weighted by atomic mass is 10.2. The maximum Gasteiger partial charge on any atom is 0.313 e. The molecule has 1 aromatic carbocycles. The van der Waals surface area contributed by atoms with E-state index >= 15 is 0 Å². The lowest BCUT2D eigenvalue weighted by Crippen LogP contribution is -2.15. The van der Waals surface area contributed by atoms with Gasteiger partial charge in [0.2, 0.25) is 0 Å². The van der Waals surface area contributed by atoms with Gasteiger partial charge in [-0.2, -0.15) is 0 Å². The van der Waals surface area contributed by atoms with Gasteiger partial charge in [0.1, 0.15) is 12.2 Å². The number of carbonyl (C=O) groups excluding carboxylic acids is 2. The van der Waals surface area contributed by atoms with Gasteiger partial charge in [0.25, 0.3) is 0 Å². The van der Waals surface area contributed by atoms with Crippen molar-refractivity contribution in [3.8, 4) is 11.6 Å². The van der Waals surface area contributed by atoms with E-state index in [1.165, 1.54) is 11.7 Å². The molecule has 0 fully saturated rings. The molecule has 21 heavy (non-hydrogen) atoms. The van der Waals surface area contributed by atoms with E-state index in [0.29, 0.717) is 11.1 Å². The van der Waals surface area contributed by atoms with E-state index in [0.717, 1.165) is 5.39 Å². The molecule has 6 nitrogen and oxygen atoms in total. The van der Waals surface area contributed by atoms with Crippen LogP contribution < -0.4 is 4.74 Å². The van der Waals surface area contributed by atoms with Crippen molar-refractivity contribution in [1.82, 2.24) is 4.57 Å². The Morgan fingerprint density at radius 3 is 2.76 bits per heavy atom. The van der Waals surface area contributed by atoms with Gasteiger partial charge in [-0.1, -0.05) is 0 Å². The molecule has 1 heterocycles. The van der Waals surface area contributed by atoms with Crippen LogP contribution >= 0.6 is 0 Å². The number of hydrogen-bond donors (Lipinski definition) is 1. The molecule has 0 aliphatic heterocycles. The van der Waals surface area contributed by atoms with Crippen molar-refractivity contribution in [3.05, 3.63) is 24.4 Å². The number of benzene rings is 1. The number of ether oxygens (including phenoxy) is 2. The van der Waals surface area contributed by atoms with Crippen LogP contribution in [-0.2, 0) is 20.9 Å². The molecule has 1 N–H and O–H groups in total. The van der Waals surface area contributed by atoms with E-state index in [1.54, 1.807) is 31.3 Å². The summed E-state index contributed by atoms with van der Waals surface area (Å²) >= 11 is 0. The van der Waals surface area contributed by atoms with Gasteiger partial charge in [-0.15, -0.1) is 0 Å². The molecule has 0 radical (unpaired) electrons. The second-order valence-corrected chi connectivity index (χ2v) is 4.55. The second kappa shape index (κ2) is 6.30. The summed E-state index contributed by atoms with van der Waals surface area (Å²) in [5.41, 5.74) is 0. The molecular weight excluding hydrogens is 274 g/mol. The maximum absolute atomic E-state index is 11.8. The summed E-state index contributed by atoms with van der Waals surface area (Å²) in [7, 11) is 1.54. The number of rotatable bonds is 6. The predicted octanol–water partition coefficient (Wildman–Crippen LogP) is 1.88. The minimum Gasteiger partial charge on any atom is -0.497 e. The Morgan fingerprint density at radius 1 is 1.33 bits per heavy atom. The molecule has 0 aliphatic carbocycles. The number of ketones is 1. The van der Waals surface area contributed by atoms with Gasteiger partial charge in [-0.25, -0.2) is 0 Å². The first-order valence-electron chi connectivity index (χ1n) is 6.58. The third-order valence-electron chi connectivity index (χ3n) is 3.06. The standard InChI is InChI=1S/C15H17NO5/c1-3-21-14(18)6-11(17)9-16-8-10-4-5-12(20-2)7-13(10)15(16)19/h4-5,7-8,19H,3,6,9H2,1-2H3. The van der Waals surface area contributed by atoms with Crippen LogP contribution in [0.2, 0.25) is 0 Å². The fraction of sp³-hybridized carbons (Fsp3) is 0.333.